The Kier molecular flexibility index (Phi) is 6.34. The fourth-order valence-corrected chi connectivity index (χ4v) is 4.40. The number of halogens is 1. The number of amides is 4. The molecule has 182 valence electrons. The summed E-state index contributed by atoms with van der Waals surface area (Å²) in [6.45, 7) is 5.85. The second-order valence-electron chi connectivity index (χ2n) is 9.09. The van der Waals surface area contributed by atoms with Crippen LogP contribution in [0.3, 0.4) is 0 Å². The summed E-state index contributed by atoms with van der Waals surface area (Å²) in [6.07, 6.45) is 3.71. The molecule has 2 aliphatic rings. The fraction of sp³-hybridized carbons (Fsp3) is 0.269. The number of hydrogen-bond donors (Lipinski definition) is 2. The number of rotatable bonds is 5. The minimum atomic E-state index is -0.669. The molecule has 35 heavy (non-hydrogen) atoms. The molecular weight excluding hydrogens is 468 g/mol. The lowest BCUT2D eigenvalue weighted by molar-refractivity contribution is -0.127. The van der Waals surface area contributed by atoms with E-state index in [1.165, 1.54) is 6.08 Å². The summed E-state index contributed by atoms with van der Waals surface area (Å²) in [5.74, 6) is -0.453. The zero-order valence-corrected chi connectivity index (χ0v) is 21.0. The normalized spacial score (nSPS) is 17.8. The van der Waals surface area contributed by atoms with Crippen LogP contribution in [0.2, 0.25) is 5.02 Å². The third-order valence-electron chi connectivity index (χ3n) is 6.27. The number of nitrogens with zero attached hydrogens (tertiary/aromatic N) is 2. The number of likely N-dealkylation sites (N-methyl/N-ethyl adjacent to an activating group) is 1. The molecule has 9 heteroatoms. The highest BCUT2D eigenvalue weighted by Crippen LogP contribution is 2.41. The third kappa shape index (κ3) is 4.74. The van der Waals surface area contributed by atoms with Gasteiger partial charge in [-0.05, 0) is 74.4 Å². The molecule has 4 amide bonds. The number of carbonyl (C=O) groups excluding carboxylic acids is 3. The maximum Gasteiger partial charge on any atom is 0.329 e. The molecule has 0 spiro atoms. The quantitative estimate of drug-likeness (QED) is 0.471. The van der Waals surface area contributed by atoms with Gasteiger partial charge in [-0.1, -0.05) is 17.7 Å². The van der Waals surface area contributed by atoms with Gasteiger partial charge in [-0.2, -0.15) is 0 Å². The number of hydrogen-bond acceptors (Lipinski definition) is 5. The molecule has 0 saturated carbocycles. The monoisotopic (exact) mass is 494 g/mol. The van der Waals surface area contributed by atoms with Gasteiger partial charge in [0.1, 0.15) is 18.0 Å². The van der Waals surface area contributed by atoms with E-state index in [0.717, 1.165) is 21.7 Å². The first-order valence-electron chi connectivity index (χ1n) is 11.1. The van der Waals surface area contributed by atoms with Crippen LogP contribution < -0.4 is 20.3 Å². The van der Waals surface area contributed by atoms with E-state index in [1.807, 2.05) is 26.1 Å². The van der Waals surface area contributed by atoms with Crippen LogP contribution in [0.4, 0.5) is 16.2 Å². The van der Waals surface area contributed by atoms with Crippen LogP contribution in [0.15, 0.2) is 48.2 Å². The van der Waals surface area contributed by atoms with Crippen molar-refractivity contribution in [2.45, 2.75) is 26.3 Å². The van der Waals surface area contributed by atoms with Crippen molar-refractivity contribution in [1.82, 2.24) is 10.2 Å². The van der Waals surface area contributed by atoms with E-state index < -0.39 is 24.4 Å². The first kappa shape index (κ1) is 24.3. The Labute approximate surface area is 209 Å². The first-order valence-corrected chi connectivity index (χ1v) is 11.4. The van der Waals surface area contributed by atoms with E-state index in [9.17, 15) is 14.4 Å². The Bertz CT molecular complexity index is 1280. The van der Waals surface area contributed by atoms with Gasteiger partial charge in [0.2, 0.25) is 5.91 Å². The third-order valence-corrected chi connectivity index (χ3v) is 6.60. The molecule has 2 aromatic rings. The molecule has 0 atom stereocenters. The highest BCUT2D eigenvalue weighted by atomic mass is 35.5. The Morgan fingerprint density at radius 1 is 1.20 bits per heavy atom. The van der Waals surface area contributed by atoms with Crippen LogP contribution in [-0.2, 0) is 9.59 Å². The van der Waals surface area contributed by atoms with Crippen LogP contribution >= 0.6 is 11.6 Å². The summed E-state index contributed by atoms with van der Waals surface area (Å²) in [6, 6.07) is 9.83. The summed E-state index contributed by atoms with van der Waals surface area (Å²) in [7, 11) is 3.55. The van der Waals surface area contributed by atoms with Gasteiger partial charge >= 0.3 is 6.03 Å². The number of urea groups is 1. The molecule has 4 rings (SSSR count). The lowest BCUT2D eigenvalue weighted by Gasteiger charge is -2.40. The summed E-state index contributed by atoms with van der Waals surface area (Å²) in [5, 5.41) is 5.66. The molecule has 0 unspecified atom stereocenters. The number of carbonyl (C=O) groups is 3. The number of fused-ring (bicyclic) bond motifs is 1. The number of anilines is 2. The molecule has 2 aromatic carbocycles. The Balaban J connectivity index is 1.53. The van der Waals surface area contributed by atoms with Gasteiger partial charge in [-0.15, -0.1) is 0 Å². The van der Waals surface area contributed by atoms with Crippen LogP contribution in [0.5, 0.6) is 5.75 Å². The van der Waals surface area contributed by atoms with Crippen LogP contribution in [0.25, 0.3) is 11.6 Å². The average molecular weight is 495 g/mol. The Morgan fingerprint density at radius 3 is 2.54 bits per heavy atom. The summed E-state index contributed by atoms with van der Waals surface area (Å²) in [4.78, 5) is 40.8. The van der Waals surface area contributed by atoms with Gasteiger partial charge in [0, 0.05) is 29.0 Å². The van der Waals surface area contributed by atoms with Gasteiger partial charge in [0.25, 0.3) is 5.91 Å². The van der Waals surface area contributed by atoms with Crippen molar-refractivity contribution in [3.63, 3.8) is 0 Å². The molecule has 1 saturated heterocycles. The van der Waals surface area contributed by atoms with Crippen molar-refractivity contribution in [1.29, 1.82) is 0 Å². The van der Waals surface area contributed by atoms with Crippen molar-refractivity contribution in [2.24, 2.45) is 0 Å². The predicted molar refractivity (Wildman–Crippen MR) is 137 cm³/mol. The predicted octanol–water partition coefficient (Wildman–Crippen LogP) is 4.51. The molecule has 2 N–H and O–H groups in total. The number of benzene rings is 2. The smallest absolute Gasteiger partial charge is 0.329 e. The molecule has 1 fully saturated rings. The van der Waals surface area contributed by atoms with E-state index in [4.69, 9.17) is 16.3 Å². The lowest BCUT2D eigenvalue weighted by Crippen LogP contribution is -2.42. The molecule has 2 heterocycles. The minimum absolute atomic E-state index is 0.0558. The molecule has 0 radical (unpaired) electrons. The number of allylic oxidation sites excluding steroid dienone is 1. The Hall–Kier alpha value is -3.78. The van der Waals surface area contributed by atoms with Crippen LogP contribution in [0, 0.1) is 0 Å². The topological polar surface area (TPSA) is 91.0 Å². The molecule has 8 nitrogen and oxygen atoms in total. The molecular formula is C26H27ClN4O4. The summed E-state index contributed by atoms with van der Waals surface area (Å²) in [5.41, 5.74) is 4.09. The second kappa shape index (κ2) is 9.11. The largest absolute Gasteiger partial charge is 0.497 e. The highest BCUT2D eigenvalue weighted by Gasteiger charge is 2.35. The van der Waals surface area contributed by atoms with E-state index >= 15 is 0 Å². The van der Waals surface area contributed by atoms with Gasteiger partial charge in [-0.3, -0.25) is 9.59 Å². The van der Waals surface area contributed by atoms with Crippen LogP contribution in [-0.4, -0.2) is 49.0 Å². The second-order valence-corrected chi connectivity index (χ2v) is 9.49. The molecule has 0 aliphatic carbocycles. The van der Waals surface area contributed by atoms with Gasteiger partial charge in [-0.25, -0.2) is 9.69 Å². The van der Waals surface area contributed by atoms with Crippen molar-refractivity contribution in [3.8, 4) is 5.75 Å². The maximum atomic E-state index is 12.9. The number of nitrogens with one attached hydrogen (secondary N) is 2. The number of methoxy groups -OCH3 is 1. The number of imide groups is 1. The van der Waals surface area contributed by atoms with E-state index in [1.54, 1.807) is 31.4 Å². The molecule has 2 aliphatic heterocycles. The summed E-state index contributed by atoms with van der Waals surface area (Å²) >= 11 is 6.56. The van der Waals surface area contributed by atoms with E-state index in [0.29, 0.717) is 22.0 Å². The highest BCUT2D eigenvalue weighted by molar-refractivity contribution is 6.32. The molecule has 0 bridgehead atoms. The lowest BCUT2D eigenvalue weighted by atomic mass is 9.88. The standard InChI is InChI=1S/C26H27ClN4O4/c1-15-13-26(2,3)30(4)22-12-20(27)16(10-19(15)22)11-21-24(33)31(25(34)29-21)14-23(32)28-17-6-8-18(35-5)9-7-17/h6-13H,14H2,1-5H3,(H,28,32)(H,29,34)/b21-11+. The number of ether oxygens (including phenoxy) is 1. The fourth-order valence-electron chi connectivity index (χ4n) is 4.19. The zero-order chi connectivity index (χ0) is 25.5. The summed E-state index contributed by atoms with van der Waals surface area (Å²) < 4.78 is 5.09. The van der Waals surface area contributed by atoms with Crippen molar-refractivity contribution in [2.75, 3.05) is 30.9 Å². The van der Waals surface area contributed by atoms with Crippen molar-refractivity contribution < 1.29 is 19.1 Å². The Morgan fingerprint density at radius 2 is 1.89 bits per heavy atom. The van der Waals surface area contributed by atoms with Crippen molar-refractivity contribution >= 4 is 52.5 Å². The first-order chi connectivity index (χ1) is 16.5. The van der Waals surface area contributed by atoms with Crippen LogP contribution in [0.1, 0.15) is 31.9 Å². The molecule has 0 aromatic heterocycles. The van der Waals surface area contributed by atoms with Crippen molar-refractivity contribution in [3.05, 3.63) is 64.3 Å². The van der Waals surface area contributed by atoms with E-state index in [2.05, 4.69) is 35.5 Å². The SMILES string of the molecule is COc1ccc(NC(=O)CN2C(=O)N/C(=C/c3cc4c(cc3Cl)N(C)C(C)(C)C=C4C)C2=O)cc1. The minimum Gasteiger partial charge on any atom is -0.497 e. The van der Waals surface area contributed by atoms with Gasteiger partial charge < -0.3 is 20.3 Å². The zero-order valence-electron chi connectivity index (χ0n) is 20.2. The van der Waals surface area contributed by atoms with Gasteiger partial charge in [0.05, 0.1) is 12.6 Å². The maximum absolute atomic E-state index is 12.9. The van der Waals surface area contributed by atoms with Gasteiger partial charge in [0.15, 0.2) is 0 Å². The van der Waals surface area contributed by atoms with E-state index in [-0.39, 0.29) is 11.2 Å². The average Bonchev–Trinajstić information content (AvgIpc) is 3.06.